The zero-order valence-electron chi connectivity index (χ0n) is 19.8. The van der Waals surface area contributed by atoms with Gasteiger partial charge in [-0.15, -0.1) is 0 Å². The number of esters is 1. The van der Waals surface area contributed by atoms with Gasteiger partial charge in [0.2, 0.25) is 5.91 Å². The van der Waals surface area contributed by atoms with Gasteiger partial charge >= 0.3 is 5.97 Å². The second kappa shape index (κ2) is 11.8. The number of aryl methyl sites for hydroxylation is 2. The predicted octanol–water partition coefficient (Wildman–Crippen LogP) is 4.28. The van der Waals surface area contributed by atoms with Crippen molar-refractivity contribution in [1.82, 2.24) is 4.90 Å². The van der Waals surface area contributed by atoms with Crippen LogP contribution >= 0.6 is 0 Å². The zero-order chi connectivity index (χ0) is 25.4. The lowest BCUT2D eigenvalue weighted by Crippen LogP contribution is -2.37. The van der Waals surface area contributed by atoms with E-state index in [0.29, 0.717) is 11.4 Å². The minimum atomic E-state index is -0.695. The average molecular weight is 479 g/mol. The van der Waals surface area contributed by atoms with E-state index in [-0.39, 0.29) is 30.4 Å². The largest absolute Gasteiger partial charge is 0.489 e. The first-order chi connectivity index (χ1) is 16.7. The quantitative estimate of drug-likeness (QED) is 0.464. The van der Waals surface area contributed by atoms with Gasteiger partial charge in [-0.1, -0.05) is 36.4 Å². The number of rotatable bonds is 9. The summed E-state index contributed by atoms with van der Waals surface area (Å²) in [5, 5.41) is 2.81. The number of hydrogen-bond acceptors (Lipinski definition) is 5. The van der Waals surface area contributed by atoms with Crippen molar-refractivity contribution >= 4 is 23.5 Å². The normalized spacial score (nSPS) is 10.4. The van der Waals surface area contributed by atoms with Gasteiger partial charge < -0.3 is 19.7 Å². The Morgan fingerprint density at radius 3 is 2.29 bits per heavy atom. The molecule has 0 unspecified atom stereocenters. The Bertz CT molecular complexity index is 1190. The molecule has 3 rings (SSSR count). The molecule has 0 aliphatic heterocycles. The molecule has 0 spiro atoms. The van der Waals surface area contributed by atoms with Gasteiger partial charge in [0.15, 0.2) is 6.61 Å². The molecular formula is C27H27FN2O5. The highest BCUT2D eigenvalue weighted by Gasteiger charge is 2.17. The SMILES string of the molecule is Cc1cccc(C)c1NC(=O)CN(C)C(=O)COC(=O)c1cccc(OCc2ccc(F)cc2)c1. The summed E-state index contributed by atoms with van der Waals surface area (Å²) >= 11 is 0. The van der Waals surface area contributed by atoms with E-state index in [0.717, 1.165) is 16.7 Å². The highest BCUT2D eigenvalue weighted by molar-refractivity contribution is 5.96. The Hall–Kier alpha value is -4.20. The maximum Gasteiger partial charge on any atom is 0.338 e. The molecule has 3 aromatic carbocycles. The van der Waals surface area contributed by atoms with Gasteiger partial charge in [0.1, 0.15) is 18.2 Å². The van der Waals surface area contributed by atoms with Crippen LogP contribution in [0.2, 0.25) is 0 Å². The van der Waals surface area contributed by atoms with E-state index in [2.05, 4.69) is 5.32 Å². The van der Waals surface area contributed by atoms with Crippen LogP contribution in [0.25, 0.3) is 0 Å². The molecule has 0 saturated heterocycles. The lowest BCUT2D eigenvalue weighted by atomic mass is 10.1. The lowest BCUT2D eigenvalue weighted by molar-refractivity contribution is -0.136. The molecule has 0 bridgehead atoms. The number of para-hydroxylation sites is 1. The molecule has 7 nitrogen and oxygen atoms in total. The third kappa shape index (κ3) is 7.40. The zero-order valence-corrected chi connectivity index (χ0v) is 19.8. The molecule has 0 saturated carbocycles. The summed E-state index contributed by atoms with van der Waals surface area (Å²) < 4.78 is 23.8. The molecule has 8 heteroatoms. The summed E-state index contributed by atoms with van der Waals surface area (Å²) in [4.78, 5) is 38.3. The van der Waals surface area contributed by atoms with Crippen LogP contribution < -0.4 is 10.1 Å². The van der Waals surface area contributed by atoms with Crippen molar-refractivity contribution in [1.29, 1.82) is 0 Å². The van der Waals surface area contributed by atoms with Gasteiger partial charge in [-0.25, -0.2) is 9.18 Å². The molecule has 0 aliphatic rings. The first-order valence-corrected chi connectivity index (χ1v) is 11.0. The van der Waals surface area contributed by atoms with Crippen LogP contribution in [0.1, 0.15) is 27.0 Å². The van der Waals surface area contributed by atoms with Crippen LogP contribution in [0.4, 0.5) is 10.1 Å². The minimum absolute atomic E-state index is 0.184. The maximum atomic E-state index is 13.0. The summed E-state index contributed by atoms with van der Waals surface area (Å²) in [5.74, 6) is -1.47. The highest BCUT2D eigenvalue weighted by Crippen LogP contribution is 2.19. The van der Waals surface area contributed by atoms with E-state index in [1.807, 2.05) is 32.0 Å². The highest BCUT2D eigenvalue weighted by atomic mass is 19.1. The van der Waals surface area contributed by atoms with Crippen molar-refractivity contribution < 1.29 is 28.2 Å². The number of anilines is 1. The van der Waals surface area contributed by atoms with Gasteiger partial charge in [0, 0.05) is 12.7 Å². The Morgan fingerprint density at radius 1 is 0.943 bits per heavy atom. The smallest absolute Gasteiger partial charge is 0.338 e. The third-order valence-corrected chi connectivity index (χ3v) is 5.27. The monoisotopic (exact) mass is 478 g/mol. The van der Waals surface area contributed by atoms with E-state index in [1.165, 1.54) is 30.1 Å². The van der Waals surface area contributed by atoms with Crippen LogP contribution in [0.3, 0.4) is 0 Å². The van der Waals surface area contributed by atoms with Gasteiger partial charge in [-0.2, -0.15) is 0 Å². The second-order valence-corrected chi connectivity index (χ2v) is 8.08. The Balaban J connectivity index is 1.48. The lowest BCUT2D eigenvalue weighted by Gasteiger charge is -2.18. The second-order valence-electron chi connectivity index (χ2n) is 8.08. The van der Waals surface area contributed by atoms with Crippen LogP contribution in [0.15, 0.2) is 66.7 Å². The summed E-state index contributed by atoms with van der Waals surface area (Å²) in [5.41, 5.74) is 3.54. The molecular weight excluding hydrogens is 451 g/mol. The number of ether oxygens (including phenoxy) is 2. The summed E-state index contributed by atoms with van der Waals surface area (Å²) in [6, 6.07) is 17.9. The number of nitrogens with one attached hydrogen (secondary N) is 1. The fourth-order valence-electron chi connectivity index (χ4n) is 3.28. The first kappa shape index (κ1) is 25.4. The van der Waals surface area contributed by atoms with Gasteiger partial charge in [0.25, 0.3) is 5.91 Å². The van der Waals surface area contributed by atoms with E-state index < -0.39 is 18.5 Å². The van der Waals surface area contributed by atoms with Gasteiger partial charge in [-0.05, 0) is 60.9 Å². The number of hydrogen-bond donors (Lipinski definition) is 1. The van der Waals surface area contributed by atoms with Crippen LogP contribution in [0.5, 0.6) is 5.75 Å². The van der Waals surface area contributed by atoms with Crippen molar-refractivity contribution in [2.45, 2.75) is 20.5 Å². The average Bonchev–Trinajstić information content (AvgIpc) is 2.84. The van der Waals surface area contributed by atoms with E-state index in [4.69, 9.17) is 9.47 Å². The molecule has 0 atom stereocenters. The number of nitrogens with zero attached hydrogens (tertiary/aromatic N) is 1. The fourth-order valence-corrected chi connectivity index (χ4v) is 3.28. The Kier molecular flexibility index (Phi) is 8.56. The van der Waals surface area contributed by atoms with E-state index >= 15 is 0 Å². The molecule has 182 valence electrons. The van der Waals surface area contributed by atoms with Crippen molar-refractivity contribution in [3.63, 3.8) is 0 Å². The minimum Gasteiger partial charge on any atom is -0.489 e. The van der Waals surface area contributed by atoms with Crippen LogP contribution in [0, 0.1) is 19.7 Å². The predicted molar refractivity (Wildman–Crippen MR) is 130 cm³/mol. The molecule has 35 heavy (non-hydrogen) atoms. The summed E-state index contributed by atoms with van der Waals surface area (Å²) in [6.45, 7) is 3.29. The molecule has 0 aromatic heterocycles. The summed E-state index contributed by atoms with van der Waals surface area (Å²) in [6.07, 6.45) is 0. The molecule has 0 radical (unpaired) electrons. The number of carbonyl (C=O) groups excluding carboxylic acids is 3. The number of carbonyl (C=O) groups is 3. The molecule has 2 amide bonds. The van der Waals surface area contributed by atoms with Crippen molar-refractivity contribution in [2.75, 3.05) is 25.5 Å². The standard InChI is InChI=1S/C27H27FN2O5/c1-18-6-4-7-19(2)26(18)29-24(31)15-30(3)25(32)17-35-27(33)21-8-5-9-23(14-21)34-16-20-10-12-22(28)13-11-20/h4-14H,15-17H2,1-3H3,(H,29,31). The van der Waals surface area contributed by atoms with E-state index in [9.17, 15) is 18.8 Å². The van der Waals surface area contributed by atoms with Crippen molar-refractivity contribution in [3.8, 4) is 5.75 Å². The Labute approximate surface area is 203 Å². The van der Waals surface area contributed by atoms with E-state index in [1.54, 1.807) is 30.3 Å². The van der Waals surface area contributed by atoms with Crippen molar-refractivity contribution in [3.05, 3.63) is 94.8 Å². The van der Waals surface area contributed by atoms with Crippen LogP contribution in [-0.4, -0.2) is 42.9 Å². The summed E-state index contributed by atoms with van der Waals surface area (Å²) in [7, 11) is 1.46. The molecule has 3 aromatic rings. The Morgan fingerprint density at radius 2 is 1.60 bits per heavy atom. The number of amides is 2. The molecule has 1 N–H and O–H groups in total. The van der Waals surface area contributed by atoms with Gasteiger partial charge in [-0.3, -0.25) is 9.59 Å². The van der Waals surface area contributed by atoms with Crippen molar-refractivity contribution in [2.24, 2.45) is 0 Å². The third-order valence-electron chi connectivity index (χ3n) is 5.27. The fraction of sp³-hybridized carbons (Fsp3) is 0.222. The molecule has 0 aliphatic carbocycles. The number of halogens is 1. The number of benzene rings is 3. The topological polar surface area (TPSA) is 84.9 Å². The maximum absolute atomic E-state index is 13.0. The molecule has 0 fully saturated rings. The van der Waals surface area contributed by atoms with Crippen LogP contribution in [-0.2, 0) is 20.9 Å². The first-order valence-electron chi connectivity index (χ1n) is 11.0. The molecule has 0 heterocycles. The van der Waals surface area contributed by atoms with Gasteiger partial charge in [0.05, 0.1) is 12.1 Å². The number of likely N-dealkylation sites (N-methyl/N-ethyl adjacent to an activating group) is 1.